The average molecular weight is 339 g/mol. The van der Waals surface area contributed by atoms with Gasteiger partial charge in [0.2, 0.25) is 0 Å². The van der Waals surface area contributed by atoms with Crippen LogP contribution < -0.4 is 10.1 Å². The molecule has 1 N–H and O–H groups in total. The van der Waals surface area contributed by atoms with Gasteiger partial charge in [0.1, 0.15) is 17.2 Å². The molecule has 0 fully saturated rings. The van der Waals surface area contributed by atoms with Crippen LogP contribution in [0.1, 0.15) is 22.3 Å². The van der Waals surface area contributed by atoms with E-state index in [4.69, 9.17) is 9.15 Å². The first-order chi connectivity index (χ1) is 12.1. The summed E-state index contributed by atoms with van der Waals surface area (Å²) in [6.07, 6.45) is 1.63. The van der Waals surface area contributed by atoms with E-state index < -0.39 is 0 Å². The number of nitrogens with one attached hydrogen (secondary N) is 1. The fourth-order valence-electron chi connectivity index (χ4n) is 2.66. The number of methoxy groups -OCH3 is 1. The molecule has 1 unspecified atom stereocenters. The topological polar surface area (TPSA) is 67.6 Å². The van der Waals surface area contributed by atoms with E-state index in [-0.39, 0.29) is 11.9 Å². The lowest BCUT2D eigenvalue weighted by Crippen LogP contribution is -2.34. The lowest BCUT2D eigenvalue weighted by molar-refractivity contribution is 0.0934. The number of hydrogen-bond acceptors (Lipinski definition) is 5. The molecule has 6 heteroatoms. The second-order valence-electron chi connectivity index (χ2n) is 5.96. The molecular formula is C19H21N3O3. The van der Waals surface area contributed by atoms with Crippen molar-refractivity contribution in [3.63, 3.8) is 0 Å². The third kappa shape index (κ3) is 3.80. The number of aromatic nitrogens is 1. The van der Waals surface area contributed by atoms with Gasteiger partial charge < -0.3 is 14.5 Å². The first-order valence-corrected chi connectivity index (χ1v) is 8.01. The Bertz CT molecular complexity index is 859. The van der Waals surface area contributed by atoms with Crippen LogP contribution in [0.25, 0.3) is 10.9 Å². The molecule has 3 rings (SSSR count). The molecule has 130 valence electrons. The molecule has 0 saturated heterocycles. The van der Waals surface area contributed by atoms with Crippen molar-refractivity contribution in [2.75, 3.05) is 27.7 Å². The Morgan fingerprint density at radius 2 is 2.12 bits per heavy atom. The Morgan fingerprint density at radius 3 is 2.80 bits per heavy atom. The van der Waals surface area contributed by atoms with Crippen LogP contribution >= 0.6 is 0 Å². The highest BCUT2D eigenvalue weighted by Crippen LogP contribution is 2.20. The number of amides is 1. The van der Waals surface area contributed by atoms with E-state index in [2.05, 4.69) is 10.3 Å². The lowest BCUT2D eigenvalue weighted by atomic mass is 10.1. The molecule has 1 amide bonds. The minimum Gasteiger partial charge on any atom is -0.497 e. The highest BCUT2D eigenvalue weighted by molar-refractivity contribution is 5.95. The van der Waals surface area contributed by atoms with Crippen LogP contribution in [0.5, 0.6) is 5.75 Å². The molecule has 6 nitrogen and oxygen atoms in total. The fourth-order valence-corrected chi connectivity index (χ4v) is 2.66. The number of furan rings is 1. The van der Waals surface area contributed by atoms with Crippen molar-refractivity contribution in [1.82, 2.24) is 15.2 Å². The highest BCUT2D eigenvalue weighted by atomic mass is 16.5. The molecule has 0 aliphatic heterocycles. The van der Waals surface area contributed by atoms with Gasteiger partial charge in [0.25, 0.3) is 5.91 Å². The fraction of sp³-hybridized carbons (Fsp3) is 0.263. The summed E-state index contributed by atoms with van der Waals surface area (Å²) in [6.45, 7) is 0.432. The number of hydrogen-bond donors (Lipinski definition) is 1. The molecule has 2 aromatic heterocycles. The second-order valence-corrected chi connectivity index (χ2v) is 5.96. The SMILES string of the molecule is COc1ccc2nc(C(=O)NCC(c3ccco3)N(C)C)ccc2c1. The maximum atomic E-state index is 12.5. The zero-order chi connectivity index (χ0) is 17.8. The van der Waals surface area contributed by atoms with E-state index in [1.807, 2.05) is 55.4 Å². The van der Waals surface area contributed by atoms with Crippen molar-refractivity contribution < 1.29 is 13.9 Å². The molecule has 0 bridgehead atoms. The molecular weight excluding hydrogens is 318 g/mol. The summed E-state index contributed by atoms with van der Waals surface area (Å²) >= 11 is 0. The first-order valence-electron chi connectivity index (χ1n) is 8.01. The number of rotatable bonds is 6. The number of ether oxygens (including phenoxy) is 1. The minimum absolute atomic E-state index is 0.0383. The lowest BCUT2D eigenvalue weighted by Gasteiger charge is -2.22. The average Bonchev–Trinajstić information content (AvgIpc) is 3.14. The summed E-state index contributed by atoms with van der Waals surface area (Å²) < 4.78 is 10.7. The van der Waals surface area contributed by atoms with Crippen molar-refractivity contribution in [2.45, 2.75) is 6.04 Å². The Balaban J connectivity index is 1.73. The van der Waals surface area contributed by atoms with Crippen molar-refractivity contribution in [1.29, 1.82) is 0 Å². The van der Waals surface area contributed by atoms with E-state index in [1.54, 1.807) is 19.4 Å². The third-order valence-corrected chi connectivity index (χ3v) is 4.08. The van der Waals surface area contributed by atoms with Crippen LogP contribution in [-0.2, 0) is 0 Å². The maximum Gasteiger partial charge on any atom is 0.269 e. The van der Waals surface area contributed by atoms with Gasteiger partial charge >= 0.3 is 0 Å². The smallest absolute Gasteiger partial charge is 0.269 e. The zero-order valence-electron chi connectivity index (χ0n) is 14.5. The van der Waals surface area contributed by atoms with Gasteiger partial charge in [0.05, 0.1) is 24.9 Å². The largest absolute Gasteiger partial charge is 0.497 e. The van der Waals surface area contributed by atoms with E-state index in [9.17, 15) is 4.79 Å². The molecule has 0 saturated carbocycles. The summed E-state index contributed by atoms with van der Waals surface area (Å²) in [5, 5.41) is 3.86. The van der Waals surface area contributed by atoms with Gasteiger partial charge in [0.15, 0.2) is 0 Å². The van der Waals surface area contributed by atoms with Crippen LogP contribution in [0.15, 0.2) is 53.1 Å². The van der Waals surface area contributed by atoms with Gasteiger partial charge in [-0.15, -0.1) is 0 Å². The van der Waals surface area contributed by atoms with Gasteiger partial charge in [-0.1, -0.05) is 6.07 Å². The molecule has 0 aliphatic carbocycles. The number of pyridine rings is 1. The Labute approximate surface area is 146 Å². The monoisotopic (exact) mass is 339 g/mol. The Kier molecular flexibility index (Phi) is 5.00. The Morgan fingerprint density at radius 1 is 1.28 bits per heavy atom. The third-order valence-electron chi connectivity index (χ3n) is 4.08. The summed E-state index contributed by atoms with van der Waals surface area (Å²) in [7, 11) is 5.51. The number of nitrogens with zero attached hydrogens (tertiary/aromatic N) is 2. The molecule has 0 spiro atoms. The van der Waals surface area contributed by atoms with Crippen LogP contribution in [0.2, 0.25) is 0 Å². The van der Waals surface area contributed by atoms with Crippen molar-refractivity contribution in [2.24, 2.45) is 0 Å². The normalized spacial score (nSPS) is 12.3. The number of benzene rings is 1. The minimum atomic E-state index is -0.212. The van der Waals surface area contributed by atoms with E-state index in [0.717, 1.165) is 22.4 Å². The molecule has 3 aromatic rings. The molecule has 0 radical (unpaired) electrons. The van der Waals surface area contributed by atoms with Crippen molar-refractivity contribution >= 4 is 16.8 Å². The molecule has 0 aliphatic rings. The van der Waals surface area contributed by atoms with Crippen LogP contribution in [0, 0.1) is 0 Å². The van der Waals surface area contributed by atoms with E-state index >= 15 is 0 Å². The summed E-state index contributed by atoms with van der Waals surface area (Å²) in [5.74, 6) is 1.36. The zero-order valence-corrected chi connectivity index (χ0v) is 14.5. The second kappa shape index (κ2) is 7.36. The summed E-state index contributed by atoms with van der Waals surface area (Å²) in [4.78, 5) is 18.9. The van der Waals surface area contributed by atoms with Crippen LogP contribution in [0.3, 0.4) is 0 Å². The molecule has 2 heterocycles. The van der Waals surface area contributed by atoms with Crippen LogP contribution in [-0.4, -0.2) is 43.5 Å². The predicted octanol–water partition coefficient (Wildman–Crippen LogP) is 2.87. The number of fused-ring (bicyclic) bond motifs is 1. The molecule has 1 aromatic carbocycles. The van der Waals surface area contributed by atoms with Gasteiger partial charge in [-0.2, -0.15) is 0 Å². The highest BCUT2D eigenvalue weighted by Gasteiger charge is 2.18. The van der Waals surface area contributed by atoms with E-state index in [0.29, 0.717) is 12.2 Å². The number of carbonyl (C=O) groups is 1. The first kappa shape index (κ1) is 17.0. The van der Waals surface area contributed by atoms with Gasteiger partial charge in [-0.25, -0.2) is 4.98 Å². The summed E-state index contributed by atoms with van der Waals surface area (Å²) in [6, 6.07) is 12.9. The Hall–Kier alpha value is -2.86. The number of likely N-dealkylation sites (N-methyl/N-ethyl adjacent to an activating group) is 1. The van der Waals surface area contributed by atoms with Gasteiger partial charge in [-0.05, 0) is 50.5 Å². The van der Waals surface area contributed by atoms with Crippen molar-refractivity contribution in [3.8, 4) is 5.75 Å². The molecule has 25 heavy (non-hydrogen) atoms. The standard InChI is InChI=1S/C19H21N3O3/c1-22(2)17(18-5-4-10-25-18)12-20-19(23)16-8-6-13-11-14(24-3)7-9-15(13)21-16/h4-11,17H,12H2,1-3H3,(H,20,23). The summed E-state index contributed by atoms with van der Waals surface area (Å²) in [5.41, 5.74) is 1.14. The maximum absolute atomic E-state index is 12.5. The van der Waals surface area contributed by atoms with E-state index in [1.165, 1.54) is 0 Å². The quantitative estimate of drug-likeness (QED) is 0.748. The van der Waals surface area contributed by atoms with Crippen LogP contribution in [0.4, 0.5) is 0 Å². The van der Waals surface area contributed by atoms with Crippen molar-refractivity contribution in [3.05, 3.63) is 60.2 Å². The number of carbonyl (C=O) groups excluding carboxylic acids is 1. The molecule has 1 atom stereocenters. The van der Waals surface area contributed by atoms with Gasteiger partial charge in [-0.3, -0.25) is 9.69 Å². The predicted molar refractivity (Wildman–Crippen MR) is 95.8 cm³/mol. The van der Waals surface area contributed by atoms with Gasteiger partial charge in [0, 0.05) is 11.9 Å².